The second-order valence-electron chi connectivity index (χ2n) is 4.38. The number of aryl methyl sites for hydroxylation is 1. The van der Waals surface area contributed by atoms with E-state index in [2.05, 4.69) is 0 Å². The number of carbonyl (C=O) groups is 1. The van der Waals surface area contributed by atoms with Gasteiger partial charge in [0.2, 0.25) is 0 Å². The zero-order valence-electron chi connectivity index (χ0n) is 10.7. The number of rotatable bonds is 4. The molecule has 0 atom stereocenters. The van der Waals surface area contributed by atoms with Gasteiger partial charge < -0.3 is 10.0 Å². The number of sulfone groups is 1. The van der Waals surface area contributed by atoms with Crippen LogP contribution in [-0.4, -0.2) is 49.9 Å². The molecule has 0 radical (unpaired) electrons. The van der Waals surface area contributed by atoms with Crippen LogP contribution in [0.25, 0.3) is 0 Å². The van der Waals surface area contributed by atoms with Gasteiger partial charge in [-0.3, -0.25) is 4.79 Å². The minimum atomic E-state index is -3.11. The largest absolute Gasteiger partial charge is 0.507 e. The first kappa shape index (κ1) is 14.5. The Balaban J connectivity index is 2.80. The normalized spacial score (nSPS) is 11.3. The van der Waals surface area contributed by atoms with E-state index in [1.807, 2.05) is 0 Å². The third-order valence-corrected chi connectivity index (χ3v) is 3.45. The maximum absolute atomic E-state index is 12.0. The molecule has 5 nitrogen and oxygen atoms in total. The van der Waals surface area contributed by atoms with E-state index < -0.39 is 15.7 Å². The van der Waals surface area contributed by atoms with Crippen LogP contribution in [0.5, 0.6) is 5.75 Å². The summed E-state index contributed by atoms with van der Waals surface area (Å²) in [6, 6.07) is 4.75. The number of carbonyl (C=O) groups excluding carboxylic acids is 1. The molecule has 0 aliphatic carbocycles. The fourth-order valence-corrected chi connectivity index (χ4v) is 2.04. The van der Waals surface area contributed by atoms with Crippen molar-refractivity contribution >= 4 is 15.7 Å². The summed E-state index contributed by atoms with van der Waals surface area (Å²) in [7, 11) is -1.60. The lowest BCUT2D eigenvalue weighted by molar-refractivity contribution is 0.0800. The third kappa shape index (κ3) is 4.03. The lowest BCUT2D eigenvalue weighted by Gasteiger charge is -2.17. The highest BCUT2D eigenvalue weighted by atomic mass is 32.2. The van der Waals surface area contributed by atoms with Gasteiger partial charge in [0.05, 0.1) is 11.3 Å². The smallest absolute Gasteiger partial charge is 0.257 e. The topological polar surface area (TPSA) is 74.7 Å². The molecule has 0 aliphatic rings. The number of nitrogens with zero attached hydrogens (tertiary/aromatic N) is 1. The van der Waals surface area contributed by atoms with Crippen LogP contribution in [0.3, 0.4) is 0 Å². The molecule has 18 heavy (non-hydrogen) atoms. The van der Waals surface area contributed by atoms with Crippen molar-refractivity contribution in [3.05, 3.63) is 29.3 Å². The molecule has 0 fully saturated rings. The Labute approximate surface area is 107 Å². The van der Waals surface area contributed by atoms with E-state index in [1.54, 1.807) is 13.0 Å². The number of amides is 1. The molecule has 0 saturated heterocycles. The van der Waals surface area contributed by atoms with Gasteiger partial charge in [0.25, 0.3) is 5.91 Å². The molecular weight excluding hydrogens is 254 g/mol. The van der Waals surface area contributed by atoms with Crippen molar-refractivity contribution in [2.75, 3.05) is 25.6 Å². The molecule has 1 rings (SSSR count). The zero-order chi connectivity index (χ0) is 13.9. The van der Waals surface area contributed by atoms with Gasteiger partial charge in [-0.1, -0.05) is 6.07 Å². The monoisotopic (exact) mass is 271 g/mol. The summed E-state index contributed by atoms with van der Waals surface area (Å²) in [5.74, 6) is -0.579. The highest BCUT2D eigenvalue weighted by Crippen LogP contribution is 2.19. The van der Waals surface area contributed by atoms with E-state index in [4.69, 9.17) is 0 Å². The molecule has 0 aromatic heterocycles. The first-order valence-electron chi connectivity index (χ1n) is 5.43. The fourth-order valence-electron chi connectivity index (χ4n) is 1.43. The van der Waals surface area contributed by atoms with E-state index >= 15 is 0 Å². The van der Waals surface area contributed by atoms with Crippen molar-refractivity contribution in [1.82, 2.24) is 4.90 Å². The number of phenolic OH excluding ortho intramolecular Hbond substituents is 1. The van der Waals surface area contributed by atoms with Gasteiger partial charge in [0.15, 0.2) is 0 Å². The lowest BCUT2D eigenvalue weighted by Crippen LogP contribution is -2.31. The zero-order valence-corrected chi connectivity index (χ0v) is 11.5. The predicted molar refractivity (Wildman–Crippen MR) is 69.5 cm³/mol. The number of hydrogen-bond acceptors (Lipinski definition) is 4. The molecule has 1 N–H and O–H groups in total. The average Bonchev–Trinajstić information content (AvgIpc) is 2.24. The van der Waals surface area contributed by atoms with Crippen LogP contribution in [0.4, 0.5) is 0 Å². The summed E-state index contributed by atoms with van der Waals surface area (Å²) < 4.78 is 22.0. The Morgan fingerprint density at radius 2 is 2.00 bits per heavy atom. The first-order chi connectivity index (χ1) is 8.20. The van der Waals surface area contributed by atoms with Gasteiger partial charge in [-0.05, 0) is 24.6 Å². The maximum Gasteiger partial charge on any atom is 0.257 e. The Kier molecular flexibility index (Phi) is 4.34. The summed E-state index contributed by atoms with van der Waals surface area (Å²) in [5, 5.41) is 9.67. The molecule has 0 heterocycles. The van der Waals surface area contributed by atoms with Crippen molar-refractivity contribution in [1.29, 1.82) is 0 Å². The van der Waals surface area contributed by atoms with E-state index in [9.17, 15) is 18.3 Å². The van der Waals surface area contributed by atoms with Crippen LogP contribution in [0, 0.1) is 6.92 Å². The minimum Gasteiger partial charge on any atom is -0.507 e. The van der Waals surface area contributed by atoms with Gasteiger partial charge in [0, 0.05) is 19.8 Å². The highest BCUT2D eigenvalue weighted by Gasteiger charge is 2.16. The Bertz CT molecular complexity index is 551. The SMILES string of the molecule is Cc1ccc(C(=O)N(C)CCS(C)(=O)=O)c(O)c1. The molecule has 6 heteroatoms. The molecule has 0 spiro atoms. The van der Waals surface area contributed by atoms with E-state index in [1.165, 1.54) is 24.1 Å². The third-order valence-electron chi connectivity index (χ3n) is 2.53. The Hall–Kier alpha value is -1.56. The molecule has 0 aliphatic heterocycles. The highest BCUT2D eigenvalue weighted by molar-refractivity contribution is 7.90. The first-order valence-corrected chi connectivity index (χ1v) is 7.49. The summed E-state index contributed by atoms with van der Waals surface area (Å²) in [6.45, 7) is 1.91. The van der Waals surface area contributed by atoms with Gasteiger partial charge in [-0.25, -0.2) is 8.42 Å². The van der Waals surface area contributed by atoms with E-state index in [0.29, 0.717) is 0 Å². The number of benzene rings is 1. The van der Waals surface area contributed by atoms with Gasteiger partial charge in [-0.2, -0.15) is 0 Å². The molecule has 100 valence electrons. The lowest BCUT2D eigenvalue weighted by atomic mass is 10.1. The summed E-state index contributed by atoms with van der Waals surface area (Å²) in [6.07, 6.45) is 1.12. The van der Waals surface area contributed by atoms with Crippen molar-refractivity contribution < 1.29 is 18.3 Å². The van der Waals surface area contributed by atoms with Gasteiger partial charge >= 0.3 is 0 Å². The van der Waals surface area contributed by atoms with Crippen LogP contribution in [0.1, 0.15) is 15.9 Å². The van der Waals surface area contributed by atoms with Crippen molar-refractivity contribution in [3.63, 3.8) is 0 Å². The Morgan fingerprint density at radius 3 is 2.50 bits per heavy atom. The maximum atomic E-state index is 12.0. The molecular formula is C12H17NO4S. The van der Waals surface area contributed by atoms with Gasteiger partial charge in [0.1, 0.15) is 15.6 Å². The van der Waals surface area contributed by atoms with Crippen LogP contribution in [0.2, 0.25) is 0 Å². The number of aromatic hydroxyl groups is 1. The molecule has 1 aromatic carbocycles. The van der Waals surface area contributed by atoms with E-state index in [0.717, 1.165) is 11.8 Å². The predicted octanol–water partition coefficient (Wildman–Crippen LogP) is 0.817. The molecule has 1 aromatic rings. The quantitative estimate of drug-likeness (QED) is 0.879. The molecule has 0 bridgehead atoms. The van der Waals surface area contributed by atoms with Crippen molar-refractivity contribution in [2.45, 2.75) is 6.92 Å². The van der Waals surface area contributed by atoms with Crippen LogP contribution in [0.15, 0.2) is 18.2 Å². The summed E-state index contributed by atoms with van der Waals surface area (Å²) in [4.78, 5) is 13.2. The standard InChI is InChI=1S/C12H17NO4S/c1-9-4-5-10(11(14)8-9)12(15)13(2)6-7-18(3,16)17/h4-5,8,14H,6-7H2,1-3H3. The van der Waals surface area contributed by atoms with Crippen molar-refractivity contribution in [3.8, 4) is 5.75 Å². The van der Waals surface area contributed by atoms with Gasteiger partial charge in [-0.15, -0.1) is 0 Å². The average molecular weight is 271 g/mol. The molecule has 1 amide bonds. The second-order valence-corrected chi connectivity index (χ2v) is 6.64. The van der Waals surface area contributed by atoms with E-state index in [-0.39, 0.29) is 23.6 Å². The van der Waals surface area contributed by atoms with Crippen LogP contribution >= 0.6 is 0 Å². The minimum absolute atomic E-state index is 0.0915. The number of hydrogen-bond donors (Lipinski definition) is 1. The van der Waals surface area contributed by atoms with Crippen molar-refractivity contribution in [2.24, 2.45) is 0 Å². The van der Waals surface area contributed by atoms with Crippen LogP contribution < -0.4 is 0 Å². The fraction of sp³-hybridized carbons (Fsp3) is 0.417. The Morgan fingerprint density at radius 1 is 1.39 bits per heavy atom. The summed E-state index contributed by atoms with van der Waals surface area (Å²) in [5.41, 5.74) is 1.03. The molecule has 0 unspecified atom stereocenters. The second kappa shape index (κ2) is 5.39. The summed E-state index contributed by atoms with van der Waals surface area (Å²) >= 11 is 0. The van der Waals surface area contributed by atoms with Crippen LogP contribution in [-0.2, 0) is 9.84 Å². The molecule has 0 saturated carbocycles. The number of phenols is 1.